The fraction of sp³-hybridized carbons (Fsp3) is 0.667. The summed E-state index contributed by atoms with van der Waals surface area (Å²) in [6.07, 6.45) is 5.12. The molecule has 1 atom stereocenters. The maximum absolute atomic E-state index is 5.94. The van der Waals surface area contributed by atoms with Crippen molar-refractivity contribution in [3.63, 3.8) is 0 Å². The molecule has 2 rings (SSSR count). The molecule has 0 amide bonds. The molecule has 1 aromatic rings. The number of ether oxygens (including phenoxy) is 2. The summed E-state index contributed by atoms with van der Waals surface area (Å²) in [5.74, 6) is 2.46. The van der Waals surface area contributed by atoms with Gasteiger partial charge in [-0.05, 0) is 71.3 Å². The molecule has 1 fully saturated rings. The van der Waals surface area contributed by atoms with Crippen molar-refractivity contribution in [3.8, 4) is 11.5 Å². The van der Waals surface area contributed by atoms with E-state index in [-0.39, 0.29) is 6.10 Å². The monoisotopic (exact) mass is 376 g/mol. The van der Waals surface area contributed by atoms with E-state index in [0.717, 1.165) is 37.0 Å². The number of hydrogen-bond acceptors (Lipinski definition) is 4. The number of unbranched alkanes of at least 4 members (excludes halogenated alkanes) is 1. The standard InChI is InChI=1S/C21H36N4O2/c1-4-22-21(23-12-5-6-13-25-14-7-8-15-25)24-17-18(2)27-20-11-9-10-19(16-20)26-3/h9-11,16,18H,4-8,12-15,17H2,1-3H3,(H2,22,23,24). The molecule has 6 nitrogen and oxygen atoms in total. The first-order valence-corrected chi connectivity index (χ1v) is 10.3. The summed E-state index contributed by atoms with van der Waals surface area (Å²) in [5.41, 5.74) is 0. The Morgan fingerprint density at radius 2 is 1.96 bits per heavy atom. The molecule has 0 saturated carbocycles. The van der Waals surface area contributed by atoms with Crippen LogP contribution in [-0.2, 0) is 0 Å². The molecule has 2 N–H and O–H groups in total. The topological polar surface area (TPSA) is 58.1 Å². The smallest absolute Gasteiger partial charge is 0.191 e. The third kappa shape index (κ3) is 8.52. The minimum atomic E-state index is -0.0114. The minimum Gasteiger partial charge on any atom is -0.497 e. The lowest BCUT2D eigenvalue weighted by molar-refractivity contribution is 0.229. The van der Waals surface area contributed by atoms with Crippen LogP contribution in [0.4, 0.5) is 0 Å². The van der Waals surface area contributed by atoms with E-state index in [4.69, 9.17) is 9.47 Å². The molecule has 0 aliphatic carbocycles. The summed E-state index contributed by atoms with van der Waals surface area (Å²) in [6, 6.07) is 7.67. The maximum atomic E-state index is 5.94. The molecule has 0 bridgehead atoms. The summed E-state index contributed by atoms with van der Waals surface area (Å²) >= 11 is 0. The lowest BCUT2D eigenvalue weighted by Crippen LogP contribution is -2.38. The minimum absolute atomic E-state index is 0.0114. The van der Waals surface area contributed by atoms with Crippen LogP contribution < -0.4 is 20.1 Å². The van der Waals surface area contributed by atoms with Crippen LogP contribution in [0.25, 0.3) is 0 Å². The van der Waals surface area contributed by atoms with Gasteiger partial charge in [0.2, 0.25) is 0 Å². The number of likely N-dealkylation sites (tertiary alicyclic amines) is 1. The Kier molecular flexibility index (Phi) is 9.84. The zero-order valence-corrected chi connectivity index (χ0v) is 17.2. The molecule has 1 aliphatic heterocycles. The summed E-state index contributed by atoms with van der Waals surface area (Å²) in [7, 11) is 1.66. The van der Waals surface area contributed by atoms with E-state index in [1.807, 2.05) is 31.2 Å². The maximum Gasteiger partial charge on any atom is 0.191 e. The van der Waals surface area contributed by atoms with Crippen LogP contribution in [0.3, 0.4) is 0 Å². The first-order chi connectivity index (χ1) is 13.2. The third-order valence-electron chi connectivity index (χ3n) is 4.62. The molecule has 0 aromatic heterocycles. The van der Waals surface area contributed by atoms with Gasteiger partial charge in [0.05, 0.1) is 13.7 Å². The van der Waals surface area contributed by atoms with E-state index < -0.39 is 0 Å². The van der Waals surface area contributed by atoms with Gasteiger partial charge < -0.3 is 25.0 Å². The predicted octanol–water partition coefficient (Wildman–Crippen LogP) is 2.89. The van der Waals surface area contributed by atoms with Gasteiger partial charge in [-0.15, -0.1) is 0 Å². The average Bonchev–Trinajstić information content (AvgIpc) is 3.19. The SMILES string of the molecule is CCNC(=NCC(C)Oc1cccc(OC)c1)NCCCCN1CCCC1. The Hall–Kier alpha value is -1.95. The fourth-order valence-corrected chi connectivity index (χ4v) is 3.18. The second-order valence-electron chi connectivity index (χ2n) is 7.01. The van der Waals surface area contributed by atoms with E-state index in [1.165, 1.54) is 38.9 Å². The number of nitrogens with zero attached hydrogens (tertiary/aromatic N) is 2. The van der Waals surface area contributed by atoms with Crippen molar-refractivity contribution in [1.82, 2.24) is 15.5 Å². The quantitative estimate of drug-likeness (QED) is 0.353. The van der Waals surface area contributed by atoms with Crippen LogP contribution in [0.15, 0.2) is 29.3 Å². The Morgan fingerprint density at radius 1 is 1.19 bits per heavy atom. The molecule has 1 saturated heterocycles. The van der Waals surface area contributed by atoms with Crippen molar-refractivity contribution in [2.45, 2.75) is 45.6 Å². The zero-order valence-electron chi connectivity index (χ0n) is 17.2. The van der Waals surface area contributed by atoms with Crippen LogP contribution in [0.2, 0.25) is 0 Å². The highest BCUT2D eigenvalue weighted by Gasteiger charge is 2.10. The number of aliphatic imine (C=N–C) groups is 1. The van der Waals surface area contributed by atoms with Crippen molar-refractivity contribution in [1.29, 1.82) is 0 Å². The number of guanidine groups is 1. The molecule has 1 unspecified atom stereocenters. The Bertz CT molecular complexity index is 559. The van der Waals surface area contributed by atoms with Gasteiger partial charge in [-0.2, -0.15) is 0 Å². The largest absolute Gasteiger partial charge is 0.497 e. The van der Waals surface area contributed by atoms with E-state index in [0.29, 0.717) is 6.54 Å². The number of nitrogens with one attached hydrogen (secondary N) is 2. The lowest BCUT2D eigenvalue weighted by atomic mass is 10.3. The number of hydrogen-bond donors (Lipinski definition) is 2. The summed E-state index contributed by atoms with van der Waals surface area (Å²) < 4.78 is 11.2. The molecular weight excluding hydrogens is 340 g/mol. The zero-order chi connectivity index (χ0) is 19.3. The van der Waals surface area contributed by atoms with E-state index >= 15 is 0 Å². The van der Waals surface area contributed by atoms with Gasteiger partial charge in [-0.1, -0.05) is 6.07 Å². The van der Waals surface area contributed by atoms with E-state index in [2.05, 4.69) is 27.4 Å². The van der Waals surface area contributed by atoms with E-state index in [9.17, 15) is 0 Å². The fourth-order valence-electron chi connectivity index (χ4n) is 3.18. The second-order valence-corrected chi connectivity index (χ2v) is 7.01. The van der Waals surface area contributed by atoms with Gasteiger partial charge in [-0.3, -0.25) is 0 Å². The van der Waals surface area contributed by atoms with Gasteiger partial charge in [0.1, 0.15) is 17.6 Å². The number of rotatable bonds is 11. The number of methoxy groups -OCH3 is 1. The van der Waals surface area contributed by atoms with Crippen LogP contribution in [0, 0.1) is 0 Å². The average molecular weight is 377 g/mol. The molecule has 1 aromatic carbocycles. The highest BCUT2D eigenvalue weighted by atomic mass is 16.5. The highest BCUT2D eigenvalue weighted by Crippen LogP contribution is 2.19. The van der Waals surface area contributed by atoms with Crippen molar-refractivity contribution in [2.75, 3.05) is 46.4 Å². The molecule has 27 heavy (non-hydrogen) atoms. The summed E-state index contributed by atoms with van der Waals surface area (Å²) in [4.78, 5) is 7.22. The third-order valence-corrected chi connectivity index (χ3v) is 4.62. The van der Waals surface area contributed by atoms with Crippen LogP contribution in [-0.4, -0.2) is 63.3 Å². The van der Waals surface area contributed by atoms with Crippen molar-refractivity contribution in [2.24, 2.45) is 4.99 Å². The first-order valence-electron chi connectivity index (χ1n) is 10.3. The first kappa shape index (κ1) is 21.4. The van der Waals surface area contributed by atoms with Gasteiger partial charge in [0, 0.05) is 19.2 Å². The summed E-state index contributed by atoms with van der Waals surface area (Å²) in [5, 5.41) is 6.73. The second kappa shape index (κ2) is 12.4. The van der Waals surface area contributed by atoms with Gasteiger partial charge in [0.25, 0.3) is 0 Å². The van der Waals surface area contributed by atoms with Crippen molar-refractivity contribution in [3.05, 3.63) is 24.3 Å². The predicted molar refractivity (Wildman–Crippen MR) is 112 cm³/mol. The van der Waals surface area contributed by atoms with Crippen LogP contribution in [0.1, 0.15) is 39.5 Å². The molecule has 0 spiro atoms. The van der Waals surface area contributed by atoms with Gasteiger partial charge in [0.15, 0.2) is 5.96 Å². The molecule has 6 heteroatoms. The van der Waals surface area contributed by atoms with Crippen molar-refractivity contribution < 1.29 is 9.47 Å². The molecular formula is C21H36N4O2. The van der Waals surface area contributed by atoms with Gasteiger partial charge >= 0.3 is 0 Å². The molecule has 1 heterocycles. The van der Waals surface area contributed by atoms with Crippen molar-refractivity contribution >= 4 is 5.96 Å². The van der Waals surface area contributed by atoms with Gasteiger partial charge in [-0.25, -0.2) is 4.99 Å². The molecule has 1 aliphatic rings. The molecule has 0 radical (unpaired) electrons. The van der Waals surface area contributed by atoms with Crippen LogP contribution >= 0.6 is 0 Å². The Balaban J connectivity index is 1.69. The Labute approximate surface area is 164 Å². The normalized spacial score (nSPS) is 16.2. The highest BCUT2D eigenvalue weighted by molar-refractivity contribution is 5.79. The summed E-state index contributed by atoms with van der Waals surface area (Å²) in [6.45, 7) is 10.3. The van der Waals surface area contributed by atoms with E-state index in [1.54, 1.807) is 7.11 Å². The number of benzene rings is 1. The lowest BCUT2D eigenvalue weighted by Gasteiger charge is -2.16. The van der Waals surface area contributed by atoms with Crippen LogP contribution in [0.5, 0.6) is 11.5 Å². The Morgan fingerprint density at radius 3 is 2.70 bits per heavy atom. The molecule has 152 valence electrons.